The van der Waals surface area contributed by atoms with Crippen LogP contribution >= 0.6 is 0 Å². The Morgan fingerprint density at radius 2 is 1.94 bits per heavy atom. The van der Waals surface area contributed by atoms with E-state index in [0.717, 1.165) is 11.1 Å². The topological polar surface area (TPSA) is 30.0 Å². The van der Waals surface area contributed by atoms with Crippen LogP contribution in [0.25, 0.3) is 0 Å². The highest BCUT2D eigenvalue weighted by atomic mass is 19.1. The fourth-order valence-electron chi connectivity index (χ4n) is 1.60. The molecular formula is C14H12FNO. The molecule has 1 aromatic heterocycles. The van der Waals surface area contributed by atoms with Gasteiger partial charge in [0.25, 0.3) is 0 Å². The Bertz CT molecular complexity index is 534. The van der Waals surface area contributed by atoms with E-state index in [4.69, 9.17) is 0 Å². The molecule has 2 nitrogen and oxygen atoms in total. The molecule has 0 aliphatic rings. The summed E-state index contributed by atoms with van der Waals surface area (Å²) in [5.41, 5.74) is 2.35. The molecule has 0 amide bonds. The molecule has 0 saturated heterocycles. The van der Waals surface area contributed by atoms with E-state index in [1.54, 1.807) is 30.6 Å². The fourth-order valence-corrected chi connectivity index (χ4v) is 1.60. The minimum atomic E-state index is -0.293. The van der Waals surface area contributed by atoms with Gasteiger partial charge < -0.3 is 0 Å². The third kappa shape index (κ3) is 2.97. The van der Waals surface area contributed by atoms with Crippen LogP contribution in [-0.2, 0) is 6.42 Å². The lowest BCUT2D eigenvalue weighted by Crippen LogP contribution is -2.04. The van der Waals surface area contributed by atoms with Gasteiger partial charge in [0.15, 0.2) is 5.78 Å². The highest BCUT2D eigenvalue weighted by Crippen LogP contribution is 2.09. The number of ketones is 1. The first kappa shape index (κ1) is 11.5. The number of halogens is 1. The molecule has 0 radical (unpaired) electrons. The second-order valence-electron chi connectivity index (χ2n) is 3.98. The van der Waals surface area contributed by atoms with Gasteiger partial charge in [-0.3, -0.25) is 9.78 Å². The lowest BCUT2D eigenvalue weighted by Gasteiger charge is -2.02. The Labute approximate surface area is 99.1 Å². The number of pyridine rings is 1. The zero-order valence-electron chi connectivity index (χ0n) is 9.48. The SMILES string of the molecule is Cc1cncc(C(=O)Cc2ccc(F)cc2)c1. The second kappa shape index (κ2) is 4.87. The van der Waals surface area contributed by atoms with Gasteiger partial charge in [-0.15, -0.1) is 0 Å². The molecule has 3 heteroatoms. The molecule has 0 atom stereocenters. The van der Waals surface area contributed by atoms with Crippen molar-refractivity contribution in [2.45, 2.75) is 13.3 Å². The second-order valence-corrected chi connectivity index (χ2v) is 3.98. The van der Waals surface area contributed by atoms with Crippen molar-refractivity contribution in [1.29, 1.82) is 0 Å². The molecule has 17 heavy (non-hydrogen) atoms. The Morgan fingerprint density at radius 3 is 2.59 bits per heavy atom. The molecule has 2 rings (SSSR count). The zero-order valence-corrected chi connectivity index (χ0v) is 9.48. The van der Waals surface area contributed by atoms with Crippen LogP contribution in [0.2, 0.25) is 0 Å². The van der Waals surface area contributed by atoms with Crippen molar-refractivity contribution in [3.05, 3.63) is 65.2 Å². The van der Waals surface area contributed by atoms with Gasteiger partial charge in [-0.05, 0) is 36.2 Å². The van der Waals surface area contributed by atoms with Crippen molar-refractivity contribution in [2.24, 2.45) is 0 Å². The van der Waals surface area contributed by atoms with Crippen LogP contribution in [-0.4, -0.2) is 10.8 Å². The minimum absolute atomic E-state index is 0.00666. The standard InChI is InChI=1S/C14H12FNO/c1-10-6-12(9-16-8-10)14(17)7-11-2-4-13(15)5-3-11/h2-6,8-9H,7H2,1H3. The van der Waals surface area contributed by atoms with Crippen LogP contribution < -0.4 is 0 Å². The summed E-state index contributed by atoms with van der Waals surface area (Å²) < 4.78 is 12.7. The van der Waals surface area contributed by atoms with E-state index >= 15 is 0 Å². The van der Waals surface area contributed by atoms with Crippen LogP contribution in [0.3, 0.4) is 0 Å². The summed E-state index contributed by atoms with van der Waals surface area (Å²) in [5.74, 6) is -0.300. The number of aryl methyl sites for hydroxylation is 1. The number of carbonyl (C=O) groups excluding carboxylic acids is 1. The number of nitrogens with zero attached hydrogens (tertiary/aromatic N) is 1. The molecule has 0 aliphatic heterocycles. The molecule has 0 N–H and O–H groups in total. The van der Waals surface area contributed by atoms with Gasteiger partial charge in [-0.1, -0.05) is 12.1 Å². The molecule has 0 unspecified atom stereocenters. The van der Waals surface area contributed by atoms with E-state index in [1.807, 2.05) is 6.92 Å². The van der Waals surface area contributed by atoms with Crippen molar-refractivity contribution >= 4 is 5.78 Å². The molecule has 1 heterocycles. The Hall–Kier alpha value is -2.03. The molecule has 86 valence electrons. The molecule has 0 saturated carbocycles. The van der Waals surface area contributed by atoms with Gasteiger partial charge in [0.05, 0.1) is 0 Å². The maximum atomic E-state index is 12.7. The first-order valence-corrected chi connectivity index (χ1v) is 5.34. The average Bonchev–Trinajstić information content (AvgIpc) is 2.32. The van der Waals surface area contributed by atoms with Crippen LogP contribution in [0.15, 0.2) is 42.7 Å². The number of hydrogen-bond donors (Lipinski definition) is 0. The van der Waals surface area contributed by atoms with Gasteiger partial charge in [0, 0.05) is 24.4 Å². The molecule has 0 aliphatic carbocycles. The van der Waals surface area contributed by atoms with Gasteiger partial charge in [-0.2, -0.15) is 0 Å². The quantitative estimate of drug-likeness (QED) is 0.757. The fraction of sp³-hybridized carbons (Fsp3) is 0.143. The first-order chi connectivity index (χ1) is 8.15. The van der Waals surface area contributed by atoms with E-state index in [0.29, 0.717) is 5.56 Å². The van der Waals surface area contributed by atoms with Gasteiger partial charge in [-0.25, -0.2) is 4.39 Å². The smallest absolute Gasteiger partial charge is 0.168 e. The summed E-state index contributed by atoms with van der Waals surface area (Å²) in [7, 11) is 0. The van der Waals surface area contributed by atoms with Crippen LogP contribution in [0.4, 0.5) is 4.39 Å². The van der Waals surface area contributed by atoms with E-state index in [1.165, 1.54) is 12.1 Å². The lowest BCUT2D eigenvalue weighted by molar-refractivity contribution is 0.0992. The lowest BCUT2D eigenvalue weighted by atomic mass is 10.0. The van der Waals surface area contributed by atoms with Crippen molar-refractivity contribution in [2.75, 3.05) is 0 Å². The summed E-state index contributed by atoms with van der Waals surface area (Å²) >= 11 is 0. The first-order valence-electron chi connectivity index (χ1n) is 5.34. The summed E-state index contributed by atoms with van der Waals surface area (Å²) in [6.45, 7) is 1.89. The highest BCUT2D eigenvalue weighted by Gasteiger charge is 2.07. The van der Waals surface area contributed by atoms with E-state index in [2.05, 4.69) is 4.98 Å². The monoisotopic (exact) mass is 229 g/mol. The molecule has 0 bridgehead atoms. The van der Waals surface area contributed by atoms with Crippen LogP contribution in [0.5, 0.6) is 0 Å². The Balaban J connectivity index is 2.14. The van der Waals surface area contributed by atoms with Gasteiger partial charge in [0.1, 0.15) is 5.82 Å². The predicted octanol–water partition coefficient (Wildman–Crippen LogP) is 2.95. The number of rotatable bonds is 3. The number of hydrogen-bond acceptors (Lipinski definition) is 2. The van der Waals surface area contributed by atoms with Crippen LogP contribution in [0.1, 0.15) is 21.5 Å². The largest absolute Gasteiger partial charge is 0.294 e. The zero-order chi connectivity index (χ0) is 12.3. The molecule has 1 aromatic carbocycles. The Morgan fingerprint density at radius 1 is 1.24 bits per heavy atom. The van der Waals surface area contributed by atoms with Crippen molar-refractivity contribution < 1.29 is 9.18 Å². The van der Waals surface area contributed by atoms with E-state index in [9.17, 15) is 9.18 Å². The summed E-state index contributed by atoms with van der Waals surface area (Å²) in [5, 5.41) is 0. The molecule has 0 fully saturated rings. The number of aromatic nitrogens is 1. The van der Waals surface area contributed by atoms with E-state index < -0.39 is 0 Å². The maximum absolute atomic E-state index is 12.7. The average molecular weight is 229 g/mol. The molecule has 2 aromatic rings. The number of carbonyl (C=O) groups is 1. The molecule has 0 spiro atoms. The van der Waals surface area contributed by atoms with Crippen molar-refractivity contribution in [1.82, 2.24) is 4.98 Å². The number of Topliss-reactive ketones (excluding diaryl/α,β-unsaturated/α-hetero) is 1. The van der Waals surface area contributed by atoms with Crippen LogP contribution in [0, 0.1) is 12.7 Å². The normalized spacial score (nSPS) is 10.2. The predicted molar refractivity (Wildman–Crippen MR) is 63.4 cm³/mol. The highest BCUT2D eigenvalue weighted by molar-refractivity contribution is 5.97. The minimum Gasteiger partial charge on any atom is -0.294 e. The maximum Gasteiger partial charge on any atom is 0.168 e. The van der Waals surface area contributed by atoms with Crippen molar-refractivity contribution in [3.63, 3.8) is 0 Å². The summed E-state index contributed by atoms with van der Waals surface area (Å²) in [4.78, 5) is 15.9. The van der Waals surface area contributed by atoms with Crippen molar-refractivity contribution in [3.8, 4) is 0 Å². The van der Waals surface area contributed by atoms with Gasteiger partial charge >= 0.3 is 0 Å². The molecular weight excluding hydrogens is 217 g/mol. The third-order valence-electron chi connectivity index (χ3n) is 2.47. The summed E-state index contributed by atoms with van der Waals surface area (Å²) in [6, 6.07) is 7.76. The van der Waals surface area contributed by atoms with E-state index in [-0.39, 0.29) is 18.0 Å². The van der Waals surface area contributed by atoms with Gasteiger partial charge in [0.2, 0.25) is 0 Å². The Kier molecular flexibility index (Phi) is 3.28. The third-order valence-corrected chi connectivity index (χ3v) is 2.47. The number of benzene rings is 1. The summed E-state index contributed by atoms with van der Waals surface area (Å²) in [6.07, 6.45) is 3.53.